The molecule has 0 aromatic carbocycles. The molecule has 1 amide bonds. The monoisotopic (exact) mass is 224 g/mol. The SMILES string of the molecule is CNCC1CCN(C(=O)C2CCCC2)CC1. The topological polar surface area (TPSA) is 32.3 Å². The number of hydrogen-bond acceptors (Lipinski definition) is 2. The molecule has 2 rings (SSSR count). The van der Waals surface area contributed by atoms with Gasteiger partial charge in [-0.3, -0.25) is 4.79 Å². The third-order valence-corrected chi connectivity index (χ3v) is 4.12. The molecule has 3 nitrogen and oxygen atoms in total. The molecule has 1 aliphatic carbocycles. The Labute approximate surface area is 98.6 Å². The summed E-state index contributed by atoms with van der Waals surface area (Å²) in [6.45, 7) is 3.08. The molecule has 1 saturated carbocycles. The van der Waals surface area contributed by atoms with Gasteiger partial charge in [-0.25, -0.2) is 0 Å². The molecule has 1 heterocycles. The summed E-state index contributed by atoms with van der Waals surface area (Å²) >= 11 is 0. The van der Waals surface area contributed by atoms with Crippen LogP contribution in [0.25, 0.3) is 0 Å². The Morgan fingerprint density at radius 1 is 1.19 bits per heavy atom. The van der Waals surface area contributed by atoms with Crippen LogP contribution in [0.5, 0.6) is 0 Å². The van der Waals surface area contributed by atoms with Gasteiger partial charge in [0, 0.05) is 19.0 Å². The predicted molar refractivity (Wildman–Crippen MR) is 65.2 cm³/mol. The number of likely N-dealkylation sites (tertiary alicyclic amines) is 1. The molecule has 0 spiro atoms. The first-order valence-corrected chi connectivity index (χ1v) is 6.74. The number of amides is 1. The number of nitrogens with zero attached hydrogens (tertiary/aromatic N) is 1. The van der Waals surface area contributed by atoms with Gasteiger partial charge in [-0.15, -0.1) is 0 Å². The van der Waals surface area contributed by atoms with Crippen molar-refractivity contribution in [2.24, 2.45) is 11.8 Å². The Bertz CT molecular complexity index is 228. The molecule has 0 aromatic heterocycles. The van der Waals surface area contributed by atoms with E-state index in [4.69, 9.17) is 0 Å². The van der Waals surface area contributed by atoms with Gasteiger partial charge in [-0.05, 0) is 45.2 Å². The highest BCUT2D eigenvalue weighted by molar-refractivity contribution is 5.79. The number of carbonyl (C=O) groups is 1. The molecule has 2 fully saturated rings. The Balaban J connectivity index is 1.77. The number of carbonyl (C=O) groups excluding carboxylic acids is 1. The Hall–Kier alpha value is -0.570. The van der Waals surface area contributed by atoms with Crippen molar-refractivity contribution in [1.82, 2.24) is 10.2 Å². The first-order chi connectivity index (χ1) is 7.81. The van der Waals surface area contributed by atoms with E-state index in [0.29, 0.717) is 11.8 Å². The Morgan fingerprint density at radius 3 is 2.38 bits per heavy atom. The summed E-state index contributed by atoms with van der Waals surface area (Å²) in [5.41, 5.74) is 0. The maximum atomic E-state index is 12.2. The van der Waals surface area contributed by atoms with E-state index in [1.54, 1.807) is 0 Å². The van der Waals surface area contributed by atoms with E-state index < -0.39 is 0 Å². The van der Waals surface area contributed by atoms with Gasteiger partial charge in [0.15, 0.2) is 0 Å². The van der Waals surface area contributed by atoms with Gasteiger partial charge in [-0.1, -0.05) is 12.8 Å². The van der Waals surface area contributed by atoms with Crippen LogP contribution in [0.2, 0.25) is 0 Å². The highest BCUT2D eigenvalue weighted by Gasteiger charge is 2.29. The lowest BCUT2D eigenvalue weighted by Crippen LogP contribution is -2.42. The van der Waals surface area contributed by atoms with Gasteiger partial charge in [0.2, 0.25) is 5.91 Å². The standard InChI is InChI=1S/C13H24N2O/c1-14-10-11-6-8-15(9-7-11)13(16)12-4-2-3-5-12/h11-12,14H,2-10H2,1H3. The van der Waals surface area contributed by atoms with E-state index in [2.05, 4.69) is 10.2 Å². The summed E-state index contributed by atoms with van der Waals surface area (Å²) in [6, 6.07) is 0. The van der Waals surface area contributed by atoms with Crippen molar-refractivity contribution in [2.45, 2.75) is 38.5 Å². The van der Waals surface area contributed by atoms with Crippen molar-refractivity contribution in [2.75, 3.05) is 26.7 Å². The van der Waals surface area contributed by atoms with E-state index in [-0.39, 0.29) is 0 Å². The molecule has 0 atom stereocenters. The van der Waals surface area contributed by atoms with Gasteiger partial charge in [-0.2, -0.15) is 0 Å². The van der Waals surface area contributed by atoms with E-state index in [1.807, 2.05) is 7.05 Å². The van der Waals surface area contributed by atoms with Crippen molar-refractivity contribution in [1.29, 1.82) is 0 Å². The summed E-state index contributed by atoms with van der Waals surface area (Å²) in [6.07, 6.45) is 7.14. The van der Waals surface area contributed by atoms with Crippen LogP contribution in [0, 0.1) is 11.8 Å². The largest absolute Gasteiger partial charge is 0.342 e. The van der Waals surface area contributed by atoms with E-state index >= 15 is 0 Å². The van der Waals surface area contributed by atoms with Gasteiger partial charge in [0.25, 0.3) is 0 Å². The first kappa shape index (κ1) is 11.9. The second-order valence-electron chi connectivity index (χ2n) is 5.31. The van der Waals surface area contributed by atoms with Crippen molar-refractivity contribution in [3.63, 3.8) is 0 Å². The van der Waals surface area contributed by atoms with Crippen LogP contribution in [-0.4, -0.2) is 37.5 Å². The number of nitrogens with one attached hydrogen (secondary N) is 1. The molecule has 1 saturated heterocycles. The minimum absolute atomic E-state index is 0.362. The summed E-state index contributed by atoms with van der Waals surface area (Å²) in [7, 11) is 2.01. The third kappa shape index (κ3) is 2.76. The second-order valence-corrected chi connectivity index (χ2v) is 5.31. The van der Waals surface area contributed by atoms with Gasteiger partial charge in [0.1, 0.15) is 0 Å². The fraction of sp³-hybridized carbons (Fsp3) is 0.923. The van der Waals surface area contributed by atoms with Crippen LogP contribution < -0.4 is 5.32 Å². The highest BCUT2D eigenvalue weighted by Crippen LogP contribution is 2.28. The van der Waals surface area contributed by atoms with Crippen molar-refractivity contribution < 1.29 is 4.79 Å². The van der Waals surface area contributed by atoms with Crippen LogP contribution in [0.3, 0.4) is 0 Å². The molecule has 0 radical (unpaired) electrons. The number of hydrogen-bond donors (Lipinski definition) is 1. The minimum Gasteiger partial charge on any atom is -0.342 e. The zero-order valence-electron chi connectivity index (χ0n) is 10.4. The van der Waals surface area contributed by atoms with Crippen LogP contribution in [0.15, 0.2) is 0 Å². The zero-order valence-corrected chi connectivity index (χ0v) is 10.4. The fourth-order valence-corrected chi connectivity index (χ4v) is 3.08. The van der Waals surface area contributed by atoms with E-state index in [0.717, 1.165) is 38.4 Å². The Morgan fingerprint density at radius 2 is 1.81 bits per heavy atom. The van der Waals surface area contributed by atoms with Crippen LogP contribution >= 0.6 is 0 Å². The van der Waals surface area contributed by atoms with Crippen molar-refractivity contribution >= 4 is 5.91 Å². The average molecular weight is 224 g/mol. The normalized spacial score (nSPS) is 23.9. The summed E-state index contributed by atoms with van der Waals surface area (Å²) < 4.78 is 0. The number of piperidine rings is 1. The Kier molecular flexibility index (Phi) is 4.22. The summed E-state index contributed by atoms with van der Waals surface area (Å²) in [5, 5.41) is 3.23. The summed E-state index contributed by atoms with van der Waals surface area (Å²) in [5.74, 6) is 1.58. The molecule has 2 aliphatic rings. The lowest BCUT2D eigenvalue weighted by atomic mass is 9.95. The molecule has 3 heteroatoms. The molecule has 1 N–H and O–H groups in total. The van der Waals surface area contributed by atoms with Crippen LogP contribution in [0.4, 0.5) is 0 Å². The highest BCUT2D eigenvalue weighted by atomic mass is 16.2. The fourth-order valence-electron chi connectivity index (χ4n) is 3.08. The quantitative estimate of drug-likeness (QED) is 0.790. The van der Waals surface area contributed by atoms with Crippen LogP contribution in [-0.2, 0) is 4.79 Å². The second kappa shape index (κ2) is 5.67. The molecule has 0 bridgehead atoms. The molecule has 16 heavy (non-hydrogen) atoms. The summed E-state index contributed by atoms with van der Waals surface area (Å²) in [4.78, 5) is 14.3. The van der Waals surface area contributed by atoms with Gasteiger partial charge in [0.05, 0.1) is 0 Å². The first-order valence-electron chi connectivity index (χ1n) is 6.74. The molecule has 0 aromatic rings. The third-order valence-electron chi connectivity index (χ3n) is 4.12. The molecule has 92 valence electrons. The van der Waals surface area contributed by atoms with Crippen LogP contribution in [0.1, 0.15) is 38.5 Å². The van der Waals surface area contributed by atoms with Gasteiger partial charge >= 0.3 is 0 Å². The van der Waals surface area contributed by atoms with E-state index in [1.165, 1.54) is 25.7 Å². The van der Waals surface area contributed by atoms with Gasteiger partial charge < -0.3 is 10.2 Å². The smallest absolute Gasteiger partial charge is 0.225 e. The van der Waals surface area contributed by atoms with E-state index in [9.17, 15) is 4.79 Å². The maximum Gasteiger partial charge on any atom is 0.225 e. The lowest BCUT2D eigenvalue weighted by molar-refractivity contribution is -0.136. The molecular weight excluding hydrogens is 200 g/mol. The maximum absolute atomic E-state index is 12.2. The molecule has 1 aliphatic heterocycles. The molecular formula is C13H24N2O. The molecule has 0 unspecified atom stereocenters. The number of rotatable bonds is 3. The van der Waals surface area contributed by atoms with Crippen molar-refractivity contribution in [3.8, 4) is 0 Å². The van der Waals surface area contributed by atoms with Crippen molar-refractivity contribution in [3.05, 3.63) is 0 Å². The lowest BCUT2D eigenvalue weighted by Gasteiger charge is -2.33. The average Bonchev–Trinajstić information content (AvgIpc) is 2.83. The minimum atomic E-state index is 0.362. The zero-order chi connectivity index (χ0) is 11.4. The predicted octanol–water partition coefficient (Wildman–Crippen LogP) is 1.63.